The maximum Gasteiger partial charge on any atom is 0.162 e. The molecule has 290 valence electrons. The lowest BCUT2D eigenvalue weighted by atomic mass is 9.99. The molecule has 0 bridgehead atoms. The van der Waals surface area contributed by atoms with Gasteiger partial charge < -0.3 is 28.4 Å². The first-order chi connectivity index (χ1) is 25.6. The van der Waals surface area contributed by atoms with Gasteiger partial charge in [0.1, 0.15) is 5.76 Å². The molecule has 3 aromatic carbocycles. The Morgan fingerprint density at radius 3 is 1.15 bits per heavy atom. The molecular formula is C48H62O6. The van der Waals surface area contributed by atoms with Crippen LogP contribution < -0.4 is 18.9 Å². The van der Waals surface area contributed by atoms with Crippen molar-refractivity contribution in [3.8, 4) is 23.0 Å². The van der Waals surface area contributed by atoms with Gasteiger partial charge in [0.25, 0.3) is 0 Å². The van der Waals surface area contributed by atoms with E-state index in [4.69, 9.17) is 28.4 Å². The molecule has 0 saturated carbocycles. The van der Waals surface area contributed by atoms with Gasteiger partial charge in [-0.3, -0.25) is 0 Å². The SMILES string of the molecule is CC(C)OC1=C(OC(C)C)CCC(/C=C/c2cc(/C=C/c3ccc(OC(C)C)c(OC(C)C)c3)cc(/C=C/c3ccc(OC(C)C)c(OC(C)C)c3)c2)=C1. The van der Waals surface area contributed by atoms with Crippen molar-refractivity contribution in [3.05, 3.63) is 112 Å². The lowest BCUT2D eigenvalue weighted by molar-refractivity contribution is 0.0932. The van der Waals surface area contributed by atoms with Crippen molar-refractivity contribution in [1.82, 2.24) is 0 Å². The minimum absolute atomic E-state index is 0.0283. The monoisotopic (exact) mass is 734 g/mol. The van der Waals surface area contributed by atoms with Gasteiger partial charge in [-0.25, -0.2) is 0 Å². The van der Waals surface area contributed by atoms with Crippen LogP contribution in [0.4, 0.5) is 0 Å². The topological polar surface area (TPSA) is 55.4 Å². The maximum absolute atomic E-state index is 6.18. The van der Waals surface area contributed by atoms with Gasteiger partial charge in [-0.2, -0.15) is 0 Å². The van der Waals surface area contributed by atoms with Gasteiger partial charge in [-0.1, -0.05) is 48.6 Å². The lowest BCUT2D eigenvalue weighted by Gasteiger charge is -2.23. The summed E-state index contributed by atoms with van der Waals surface area (Å²) in [5, 5.41) is 0. The molecule has 0 N–H and O–H groups in total. The van der Waals surface area contributed by atoms with Gasteiger partial charge >= 0.3 is 0 Å². The summed E-state index contributed by atoms with van der Waals surface area (Å²) in [7, 11) is 0. The van der Waals surface area contributed by atoms with E-state index in [2.05, 4.69) is 86.7 Å². The molecule has 1 aliphatic rings. The molecule has 1 aliphatic carbocycles. The lowest BCUT2D eigenvalue weighted by Crippen LogP contribution is -2.12. The third kappa shape index (κ3) is 13.9. The molecular weight excluding hydrogens is 673 g/mol. The zero-order chi connectivity index (χ0) is 39.4. The quantitative estimate of drug-likeness (QED) is 0.121. The summed E-state index contributed by atoms with van der Waals surface area (Å²) in [5.41, 5.74) is 6.48. The molecule has 3 aromatic rings. The Labute approximate surface area is 325 Å². The predicted molar refractivity (Wildman–Crippen MR) is 226 cm³/mol. The van der Waals surface area contributed by atoms with Crippen molar-refractivity contribution in [3.63, 3.8) is 0 Å². The van der Waals surface area contributed by atoms with Crippen molar-refractivity contribution in [2.24, 2.45) is 0 Å². The minimum atomic E-state index is 0.0283. The molecule has 0 amide bonds. The van der Waals surface area contributed by atoms with E-state index >= 15 is 0 Å². The van der Waals surface area contributed by atoms with Crippen LogP contribution in [0.25, 0.3) is 30.4 Å². The third-order valence-corrected chi connectivity index (χ3v) is 7.79. The van der Waals surface area contributed by atoms with Crippen LogP contribution in [0.2, 0.25) is 0 Å². The van der Waals surface area contributed by atoms with E-state index in [1.54, 1.807) is 0 Å². The highest BCUT2D eigenvalue weighted by Crippen LogP contribution is 2.33. The Morgan fingerprint density at radius 1 is 0.370 bits per heavy atom. The van der Waals surface area contributed by atoms with Crippen LogP contribution >= 0.6 is 0 Å². The highest BCUT2D eigenvalue weighted by molar-refractivity contribution is 5.77. The largest absolute Gasteiger partial charge is 0.491 e. The fourth-order valence-electron chi connectivity index (χ4n) is 5.82. The van der Waals surface area contributed by atoms with E-state index in [-0.39, 0.29) is 36.6 Å². The number of rotatable bonds is 18. The molecule has 0 saturated heterocycles. The minimum Gasteiger partial charge on any atom is -0.491 e. The fourth-order valence-corrected chi connectivity index (χ4v) is 5.82. The van der Waals surface area contributed by atoms with Crippen LogP contribution in [0.1, 0.15) is 124 Å². The van der Waals surface area contributed by atoms with Crippen LogP contribution in [-0.2, 0) is 9.47 Å². The molecule has 54 heavy (non-hydrogen) atoms. The summed E-state index contributed by atoms with van der Waals surface area (Å²) >= 11 is 0. The summed E-state index contributed by atoms with van der Waals surface area (Å²) in [6.45, 7) is 24.4. The van der Waals surface area contributed by atoms with Crippen molar-refractivity contribution in [2.75, 3.05) is 0 Å². The van der Waals surface area contributed by atoms with Crippen LogP contribution in [0, 0.1) is 0 Å². The van der Waals surface area contributed by atoms with Gasteiger partial charge in [0, 0.05) is 6.42 Å². The van der Waals surface area contributed by atoms with E-state index in [0.717, 1.165) is 75.2 Å². The molecule has 0 aliphatic heterocycles. The Morgan fingerprint density at radius 2 is 0.741 bits per heavy atom. The molecule has 6 nitrogen and oxygen atoms in total. The third-order valence-electron chi connectivity index (χ3n) is 7.79. The molecule has 4 rings (SSSR count). The average molecular weight is 735 g/mol. The second-order valence-corrected chi connectivity index (χ2v) is 15.4. The molecule has 0 fully saturated rings. The highest BCUT2D eigenvalue weighted by Gasteiger charge is 2.18. The molecule has 0 spiro atoms. The molecule has 0 aromatic heterocycles. The molecule has 6 heteroatoms. The summed E-state index contributed by atoms with van der Waals surface area (Å²) in [4.78, 5) is 0. The number of hydrogen-bond donors (Lipinski definition) is 0. The summed E-state index contributed by atoms with van der Waals surface area (Å²) in [5.74, 6) is 4.72. The number of benzene rings is 3. The summed E-state index contributed by atoms with van der Waals surface area (Å²) in [6.07, 6.45) is 17.0. The molecule has 0 heterocycles. The average Bonchev–Trinajstić information content (AvgIpc) is 3.07. The Hall–Kier alpha value is -4.84. The smallest absolute Gasteiger partial charge is 0.162 e. The van der Waals surface area contributed by atoms with E-state index in [1.807, 2.05) is 93.5 Å². The van der Waals surface area contributed by atoms with Crippen LogP contribution in [-0.4, -0.2) is 36.6 Å². The van der Waals surface area contributed by atoms with Gasteiger partial charge in [0.05, 0.1) is 36.6 Å². The van der Waals surface area contributed by atoms with E-state index in [9.17, 15) is 0 Å². The zero-order valence-corrected chi connectivity index (χ0v) is 34.6. The fraction of sp³-hybridized carbons (Fsp3) is 0.417. The second-order valence-electron chi connectivity index (χ2n) is 15.4. The standard InChI is InChI=1S/C48H62O6/c1-31(2)49-43-22-19-37(28-46(43)52-34(7)8)13-16-40-25-41(17-14-38-20-23-44(50-32(3)4)47(29-38)53-35(9)10)27-42(26-40)18-15-39-21-24-45(51-33(5)6)48(30-39)54-36(11)12/h13-20,22-23,25-36H,21,24H2,1-12H3/b16-13+,17-14+,18-15+. The zero-order valence-electron chi connectivity index (χ0n) is 34.6. The highest BCUT2D eigenvalue weighted by atomic mass is 16.5. The molecule has 0 unspecified atom stereocenters. The summed E-state index contributed by atoms with van der Waals surface area (Å²) in [6, 6.07) is 18.8. The molecule has 0 radical (unpaired) electrons. The normalized spacial score (nSPS) is 13.9. The Kier molecular flexibility index (Phi) is 15.5. The van der Waals surface area contributed by atoms with Crippen molar-refractivity contribution in [2.45, 2.75) is 133 Å². The number of allylic oxidation sites excluding steroid dienone is 4. The Bertz CT molecular complexity index is 1740. The van der Waals surface area contributed by atoms with E-state index < -0.39 is 0 Å². The van der Waals surface area contributed by atoms with Crippen LogP contribution in [0.15, 0.2) is 83.8 Å². The molecule has 0 atom stereocenters. The first-order valence-electron chi connectivity index (χ1n) is 19.5. The maximum atomic E-state index is 6.18. The predicted octanol–water partition coefficient (Wildman–Crippen LogP) is 13.0. The van der Waals surface area contributed by atoms with Gasteiger partial charge in [-0.15, -0.1) is 0 Å². The van der Waals surface area contributed by atoms with Gasteiger partial charge in [0.15, 0.2) is 28.8 Å². The number of hydrogen-bond acceptors (Lipinski definition) is 6. The van der Waals surface area contributed by atoms with E-state index in [0.29, 0.717) is 0 Å². The first-order valence-corrected chi connectivity index (χ1v) is 19.5. The summed E-state index contributed by atoms with van der Waals surface area (Å²) < 4.78 is 36.6. The van der Waals surface area contributed by atoms with Crippen LogP contribution in [0.3, 0.4) is 0 Å². The second kappa shape index (κ2) is 20.0. The van der Waals surface area contributed by atoms with Gasteiger partial charge in [0.2, 0.25) is 0 Å². The number of ether oxygens (including phenoxy) is 6. The van der Waals surface area contributed by atoms with Crippen molar-refractivity contribution < 1.29 is 28.4 Å². The van der Waals surface area contributed by atoms with Gasteiger partial charge in [-0.05, 0) is 171 Å². The van der Waals surface area contributed by atoms with E-state index in [1.165, 1.54) is 5.57 Å². The van der Waals surface area contributed by atoms with Crippen molar-refractivity contribution >= 4 is 30.4 Å². The Balaban J connectivity index is 1.72. The van der Waals surface area contributed by atoms with Crippen molar-refractivity contribution in [1.29, 1.82) is 0 Å². The van der Waals surface area contributed by atoms with Crippen LogP contribution in [0.5, 0.6) is 23.0 Å². The first kappa shape index (κ1) is 41.9.